The van der Waals surface area contributed by atoms with E-state index < -0.39 is 0 Å². The molecule has 2 fully saturated rings. The number of hydrogen-bond acceptors (Lipinski definition) is 5. The third-order valence-corrected chi connectivity index (χ3v) is 5.02. The van der Waals surface area contributed by atoms with Crippen LogP contribution in [0.25, 0.3) is 0 Å². The molecule has 1 aromatic rings. The fourth-order valence-electron chi connectivity index (χ4n) is 3.66. The molecule has 0 saturated carbocycles. The van der Waals surface area contributed by atoms with Gasteiger partial charge in [-0.2, -0.15) is 4.98 Å². The lowest BCUT2D eigenvalue weighted by Crippen LogP contribution is -2.44. The molecule has 0 amide bonds. The van der Waals surface area contributed by atoms with E-state index in [2.05, 4.69) is 33.8 Å². The van der Waals surface area contributed by atoms with E-state index in [4.69, 9.17) is 4.52 Å². The first kappa shape index (κ1) is 15.0. The van der Waals surface area contributed by atoms with Gasteiger partial charge in [-0.1, -0.05) is 12.1 Å². The van der Waals surface area contributed by atoms with Crippen molar-refractivity contribution in [1.82, 2.24) is 19.9 Å². The SMILES string of the molecule is CCCc1noc(C(C)N2CCC(N3CCCC3)CC2)n1. The number of rotatable bonds is 5. The number of aryl methyl sites for hydroxylation is 1. The molecule has 1 unspecified atom stereocenters. The molecule has 0 aromatic carbocycles. The topological polar surface area (TPSA) is 45.4 Å². The molecule has 2 saturated heterocycles. The summed E-state index contributed by atoms with van der Waals surface area (Å²) in [7, 11) is 0. The van der Waals surface area contributed by atoms with Crippen molar-refractivity contribution in [1.29, 1.82) is 0 Å². The lowest BCUT2D eigenvalue weighted by Gasteiger charge is -2.38. The molecule has 21 heavy (non-hydrogen) atoms. The summed E-state index contributed by atoms with van der Waals surface area (Å²) in [5.41, 5.74) is 0. The van der Waals surface area contributed by atoms with Gasteiger partial charge in [-0.3, -0.25) is 4.90 Å². The maximum absolute atomic E-state index is 5.45. The summed E-state index contributed by atoms with van der Waals surface area (Å²) < 4.78 is 5.45. The van der Waals surface area contributed by atoms with Crippen LogP contribution in [0.4, 0.5) is 0 Å². The molecule has 0 spiro atoms. The Morgan fingerprint density at radius 1 is 1.19 bits per heavy atom. The molecule has 0 radical (unpaired) electrons. The number of hydrogen-bond donors (Lipinski definition) is 0. The lowest BCUT2D eigenvalue weighted by molar-refractivity contribution is 0.0891. The molecule has 0 N–H and O–H groups in total. The van der Waals surface area contributed by atoms with Gasteiger partial charge in [0.2, 0.25) is 5.89 Å². The van der Waals surface area contributed by atoms with Gasteiger partial charge in [0.25, 0.3) is 0 Å². The summed E-state index contributed by atoms with van der Waals surface area (Å²) in [6.07, 6.45) is 7.31. The highest BCUT2D eigenvalue weighted by Gasteiger charge is 2.30. The standard InChI is InChI=1S/C16H28N4O/c1-3-6-15-17-16(21-18-15)13(2)19-11-7-14(8-12-19)20-9-4-5-10-20/h13-14H,3-12H2,1-2H3. The van der Waals surface area contributed by atoms with Gasteiger partial charge in [-0.25, -0.2) is 0 Å². The van der Waals surface area contributed by atoms with Crippen LogP contribution in [-0.4, -0.2) is 52.2 Å². The minimum absolute atomic E-state index is 0.252. The van der Waals surface area contributed by atoms with E-state index in [1.165, 1.54) is 38.8 Å². The summed E-state index contributed by atoms with van der Waals surface area (Å²) in [5, 5.41) is 4.08. The Labute approximate surface area is 127 Å². The van der Waals surface area contributed by atoms with E-state index >= 15 is 0 Å². The van der Waals surface area contributed by atoms with E-state index in [-0.39, 0.29) is 6.04 Å². The van der Waals surface area contributed by atoms with Gasteiger partial charge in [-0.05, 0) is 52.1 Å². The highest BCUT2D eigenvalue weighted by Crippen LogP contribution is 2.26. The van der Waals surface area contributed by atoms with Crippen LogP contribution in [0, 0.1) is 0 Å². The lowest BCUT2D eigenvalue weighted by atomic mass is 10.0. The van der Waals surface area contributed by atoms with Crippen molar-refractivity contribution in [2.45, 2.75) is 64.5 Å². The zero-order valence-electron chi connectivity index (χ0n) is 13.4. The first-order chi connectivity index (χ1) is 10.3. The second kappa shape index (κ2) is 6.88. The molecule has 0 bridgehead atoms. The zero-order chi connectivity index (χ0) is 14.7. The van der Waals surface area contributed by atoms with Crippen molar-refractivity contribution in [3.63, 3.8) is 0 Å². The molecule has 2 aliphatic rings. The predicted octanol–water partition coefficient (Wildman–Crippen LogP) is 2.64. The summed E-state index contributed by atoms with van der Waals surface area (Å²) >= 11 is 0. The Bertz CT molecular complexity index is 433. The highest BCUT2D eigenvalue weighted by atomic mass is 16.5. The van der Waals surface area contributed by atoms with Gasteiger partial charge in [0.15, 0.2) is 5.82 Å². The second-order valence-corrected chi connectivity index (χ2v) is 6.49. The Morgan fingerprint density at radius 2 is 1.90 bits per heavy atom. The van der Waals surface area contributed by atoms with Crippen LogP contribution in [0.5, 0.6) is 0 Å². The molecule has 1 aromatic heterocycles. The average molecular weight is 292 g/mol. The van der Waals surface area contributed by atoms with Crippen molar-refractivity contribution < 1.29 is 4.52 Å². The summed E-state index contributed by atoms with van der Waals surface area (Å²) in [4.78, 5) is 9.73. The van der Waals surface area contributed by atoms with Gasteiger partial charge in [-0.15, -0.1) is 0 Å². The molecular formula is C16H28N4O. The van der Waals surface area contributed by atoms with Crippen LogP contribution < -0.4 is 0 Å². The number of piperidine rings is 1. The average Bonchev–Trinajstić information content (AvgIpc) is 3.19. The molecule has 0 aliphatic carbocycles. The maximum atomic E-state index is 5.45. The fraction of sp³-hybridized carbons (Fsp3) is 0.875. The van der Waals surface area contributed by atoms with E-state index in [0.29, 0.717) is 0 Å². The van der Waals surface area contributed by atoms with Crippen LogP contribution in [0.1, 0.15) is 63.7 Å². The van der Waals surface area contributed by atoms with E-state index in [1.54, 1.807) is 0 Å². The van der Waals surface area contributed by atoms with E-state index in [0.717, 1.165) is 43.7 Å². The first-order valence-electron chi connectivity index (χ1n) is 8.58. The molecule has 5 heteroatoms. The molecule has 1 atom stereocenters. The highest BCUT2D eigenvalue weighted by molar-refractivity contribution is 4.94. The monoisotopic (exact) mass is 292 g/mol. The van der Waals surface area contributed by atoms with Crippen LogP contribution in [-0.2, 0) is 6.42 Å². The molecule has 118 valence electrons. The number of likely N-dealkylation sites (tertiary alicyclic amines) is 2. The fourth-order valence-corrected chi connectivity index (χ4v) is 3.66. The molecule has 2 aliphatic heterocycles. The summed E-state index contributed by atoms with van der Waals surface area (Å²) in [5.74, 6) is 1.64. The van der Waals surface area contributed by atoms with Crippen molar-refractivity contribution in [2.75, 3.05) is 26.2 Å². The predicted molar refractivity (Wildman–Crippen MR) is 82.1 cm³/mol. The maximum Gasteiger partial charge on any atom is 0.243 e. The van der Waals surface area contributed by atoms with Crippen molar-refractivity contribution in [2.24, 2.45) is 0 Å². The molecule has 5 nitrogen and oxygen atoms in total. The van der Waals surface area contributed by atoms with Crippen LogP contribution in [0.2, 0.25) is 0 Å². The van der Waals surface area contributed by atoms with Crippen molar-refractivity contribution in [3.05, 3.63) is 11.7 Å². The Kier molecular flexibility index (Phi) is 4.91. The smallest absolute Gasteiger partial charge is 0.243 e. The van der Waals surface area contributed by atoms with Gasteiger partial charge >= 0.3 is 0 Å². The third kappa shape index (κ3) is 3.46. The Morgan fingerprint density at radius 3 is 2.57 bits per heavy atom. The second-order valence-electron chi connectivity index (χ2n) is 6.49. The van der Waals surface area contributed by atoms with Crippen LogP contribution in [0.3, 0.4) is 0 Å². The molecule has 3 heterocycles. The number of nitrogens with zero attached hydrogens (tertiary/aromatic N) is 4. The van der Waals surface area contributed by atoms with Gasteiger partial charge in [0.1, 0.15) is 0 Å². The number of aromatic nitrogens is 2. The van der Waals surface area contributed by atoms with Crippen LogP contribution >= 0.6 is 0 Å². The Hall–Kier alpha value is -0.940. The summed E-state index contributed by atoms with van der Waals surface area (Å²) in [6, 6.07) is 1.05. The zero-order valence-corrected chi connectivity index (χ0v) is 13.4. The van der Waals surface area contributed by atoms with Gasteiger partial charge in [0.05, 0.1) is 6.04 Å². The van der Waals surface area contributed by atoms with Gasteiger partial charge < -0.3 is 9.42 Å². The minimum atomic E-state index is 0.252. The van der Waals surface area contributed by atoms with E-state index in [1.807, 2.05) is 0 Å². The van der Waals surface area contributed by atoms with Gasteiger partial charge in [0, 0.05) is 25.6 Å². The van der Waals surface area contributed by atoms with Crippen molar-refractivity contribution >= 4 is 0 Å². The Balaban J connectivity index is 1.52. The van der Waals surface area contributed by atoms with Crippen molar-refractivity contribution in [3.8, 4) is 0 Å². The normalized spacial score (nSPS) is 23.7. The van der Waals surface area contributed by atoms with Crippen LogP contribution in [0.15, 0.2) is 4.52 Å². The quantitative estimate of drug-likeness (QED) is 0.835. The first-order valence-corrected chi connectivity index (χ1v) is 8.58. The molecular weight excluding hydrogens is 264 g/mol. The van der Waals surface area contributed by atoms with E-state index in [9.17, 15) is 0 Å². The molecule has 3 rings (SSSR count). The largest absolute Gasteiger partial charge is 0.338 e. The third-order valence-electron chi connectivity index (χ3n) is 5.02. The summed E-state index contributed by atoms with van der Waals surface area (Å²) in [6.45, 7) is 9.25. The minimum Gasteiger partial charge on any atom is -0.338 e.